The quantitative estimate of drug-likeness (QED) is 0.118. The minimum atomic E-state index is -1.02. The van der Waals surface area contributed by atoms with E-state index in [0.29, 0.717) is 48.7 Å². The van der Waals surface area contributed by atoms with Gasteiger partial charge in [0.25, 0.3) is 0 Å². The molecule has 2 saturated heterocycles. The number of amidine groups is 1. The number of nitrogens with one attached hydrogen (secondary N) is 3. The van der Waals surface area contributed by atoms with E-state index < -0.39 is 24.5 Å². The molecule has 0 aromatic heterocycles. The molecule has 0 bridgehead atoms. The van der Waals surface area contributed by atoms with E-state index in [1.165, 1.54) is 61.9 Å². The van der Waals surface area contributed by atoms with Crippen LogP contribution >= 0.6 is 0 Å². The topological polar surface area (TPSA) is 131 Å². The van der Waals surface area contributed by atoms with E-state index in [4.69, 9.17) is 15.5 Å². The highest BCUT2D eigenvalue weighted by molar-refractivity contribution is 5.90. The van der Waals surface area contributed by atoms with Crippen LogP contribution in [0.15, 0.2) is 23.2 Å². The Morgan fingerprint density at radius 2 is 1.78 bits per heavy atom. The van der Waals surface area contributed by atoms with Crippen molar-refractivity contribution in [2.24, 2.45) is 28.5 Å². The molecule has 10 heteroatoms. The van der Waals surface area contributed by atoms with Crippen LogP contribution < -0.4 is 21.7 Å². The molecule has 0 amide bonds. The van der Waals surface area contributed by atoms with Gasteiger partial charge in [0.2, 0.25) is 0 Å². The van der Waals surface area contributed by atoms with Crippen molar-refractivity contribution in [3.05, 3.63) is 23.8 Å². The van der Waals surface area contributed by atoms with Gasteiger partial charge in [-0.25, -0.2) is 0 Å². The molecule has 9 atom stereocenters. The van der Waals surface area contributed by atoms with Gasteiger partial charge in [-0.2, -0.15) is 0 Å². The summed E-state index contributed by atoms with van der Waals surface area (Å²) in [6, 6.07) is 7.50. The summed E-state index contributed by atoms with van der Waals surface area (Å²) in [6.45, 7) is 17.6. The number of aliphatic hydroxyl groups is 2. The third-order valence-electron chi connectivity index (χ3n) is 13.5. The first-order valence-electron chi connectivity index (χ1n) is 20.7. The van der Waals surface area contributed by atoms with E-state index in [-0.39, 0.29) is 12.1 Å². The second kappa shape index (κ2) is 16.6. The molecule has 1 aromatic carbocycles. The molecule has 5 aliphatic rings. The molecule has 2 aliphatic carbocycles. The van der Waals surface area contributed by atoms with E-state index in [9.17, 15) is 10.2 Å². The molecule has 288 valence electrons. The summed E-state index contributed by atoms with van der Waals surface area (Å²) in [5, 5.41) is 33.7. The average Bonchev–Trinajstić information content (AvgIpc) is 3.76. The summed E-state index contributed by atoms with van der Waals surface area (Å²) in [5.41, 5.74) is 10.7. The van der Waals surface area contributed by atoms with Crippen molar-refractivity contribution in [1.29, 1.82) is 0 Å². The third-order valence-corrected chi connectivity index (χ3v) is 13.5. The fraction of sp³-hybridized carbons (Fsp3) is 0.829. The van der Waals surface area contributed by atoms with Gasteiger partial charge in [0.15, 0.2) is 6.23 Å². The number of hydrogen-bond acceptors (Lipinski definition) is 9. The van der Waals surface area contributed by atoms with E-state index in [0.717, 1.165) is 44.0 Å². The smallest absolute Gasteiger partial charge is 0.161 e. The SMILES string of the molecule is CCCC(CC)C(C)CCN=C1C(C(C)N)NCN1C1OC(CN(C(C)C)C2CC(CCC3Nc4ccc(C5(C)CCC5)cc4N3)C2)C(O)C1O. The summed E-state index contributed by atoms with van der Waals surface area (Å²) in [5.74, 6) is 2.87. The van der Waals surface area contributed by atoms with Crippen molar-refractivity contribution in [2.45, 2.75) is 179 Å². The average molecular weight is 710 g/mol. The van der Waals surface area contributed by atoms with Crippen LogP contribution in [-0.2, 0) is 10.2 Å². The Labute approximate surface area is 308 Å². The first-order valence-corrected chi connectivity index (χ1v) is 20.7. The number of nitrogens with two attached hydrogens (primary N) is 1. The van der Waals surface area contributed by atoms with Crippen LogP contribution in [0.5, 0.6) is 0 Å². The summed E-state index contributed by atoms with van der Waals surface area (Å²) < 4.78 is 6.56. The summed E-state index contributed by atoms with van der Waals surface area (Å²) in [7, 11) is 0. The molecule has 0 spiro atoms. The maximum absolute atomic E-state index is 11.4. The molecule has 7 N–H and O–H groups in total. The molecule has 2 saturated carbocycles. The van der Waals surface area contributed by atoms with Crippen LogP contribution in [0.25, 0.3) is 0 Å². The lowest BCUT2D eigenvalue weighted by Crippen LogP contribution is -2.52. The maximum atomic E-state index is 11.4. The number of benzene rings is 1. The molecule has 9 unspecified atom stereocenters. The Morgan fingerprint density at radius 3 is 2.43 bits per heavy atom. The summed E-state index contributed by atoms with van der Waals surface area (Å²) in [6.07, 6.45) is 10.4. The molecule has 3 aliphatic heterocycles. The molecular weight excluding hydrogens is 638 g/mol. The maximum Gasteiger partial charge on any atom is 0.161 e. The van der Waals surface area contributed by atoms with Crippen LogP contribution in [0.2, 0.25) is 0 Å². The highest BCUT2D eigenvalue weighted by atomic mass is 16.6. The molecule has 4 fully saturated rings. The number of hydrogen-bond donors (Lipinski definition) is 6. The van der Waals surface area contributed by atoms with Crippen LogP contribution in [0.3, 0.4) is 0 Å². The summed E-state index contributed by atoms with van der Waals surface area (Å²) in [4.78, 5) is 9.60. The number of aliphatic hydroxyl groups excluding tert-OH is 2. The normalized spacial score (nSPS) is 33.9. The molecule has 3 heterocycles. The van der Waals surface area contributed by atoms with E-state index in [1.54, 1.807) is 0 Å². The minimum Gasteiger partial charge on any atom is -0.387 e. The second-order valence-corrected chi connectivity index (χ2v) is 17.6. The first-order chi connectivity index (χ1) is 24.4. The molecule has 10 nitrogen and oxygen atoms in total. The van der Waals surface area contributed by atoms with Crippen LogP contribution in [-0.4, -0.2) is 100 Å². The van der Waals surface area contributed by atoms with Gasteiger partial charge < -0.3 is 36.2 Å². The van der Waals surface area contributed by atoms with Gasteiger partial charge in [0.1, 0.15) is 24.1 Å². The zero-order chi connectivity index (χ0) is 36.4. The fourth-order valence-corrected chi connectivity index (χ4v) is 9.71. The molecule has 1 aromatic rings. The molecule has 51 heavy (non-hydrogen) atoms. The molecule has 6 rings (SSSR count). The largest absolute Gasteiger partial charge is 0.387 e. The Morgan fingerprint density at radius 1 is 1.04 bits per heavy atom. The number of anilines is 2. The third kappa shape index (κ3) is 8.41. The number of rotatable bonds is 17. The number of fused-ring (bicyclic) bond motifs is 1. The fourth-order valence-electron chi connectivity index (χ4n) is 9.71. The number of nitrogens with zero attached hydrogens (tertiary/aromatic N) is 3. The van der Waals surface area contributed by atoms with Crippen LogP contribution in [0.1, 0.15) is 125 Å². The van der Waals surface area contributed by atoms with Gasteiger partial charge >= 0.3 is 0 Å². The zero-order valence-corrected chi connectivity index (χ0v) is 32.8. The van der Waals surface area contributed by atoms with Gasteiger partial charge in [0, 0.05) is 31.2 Å². The Kier molecular flexibility index (Phi) is 12.6. The van der Waals surface area contributed by atoms with E-state index >= 15 is 0 Å². The van der Waals surface area contributed by atoms with Crippen molar-refractivity contribution in [3.8, 4) is 0 Å². The van der Waals surface area contributed by atoms with Crippen LogP contribution in [0.4, 0.5) is 11.4 Å². The van der Waals surface area contributed by atoms with Gasteiger partial charge in [-0.05, 0) is 107 Å². The van der Waals surface area contributed by atoms with Crippen molar-refractivity contribution in [2.75, 3.05) is 30.4 Å². The second-order valence-electron chi connectivity index (χ2n) is 17.6. The standard InChI is InChI=1S/C41H71N7O3/c1-8-11-29(9-2)26(5)16-19-43-39-36(27(6)42)44-24-48(39)40-38(50)37(49)34(51-40)23-47(25(3)4)31-20-28(21-31)12-15-35-45-32-14-13-30(22-33(32)46-35)41(7)17-10-18-41/h13-14,22,25-29,31,34-38,40,44-46,49-50H,8-12,15-21,23-24,42H2,1-7H3. The zero-order valence-electron chi connectivity index (χ0n) is 32.8. The predicted molar refractivity (Wildman–Crippen MR) is 209 cm³/mol. The number of aliphatic imine (C=N–C) groups is 1. The minimum absolute atomic E-state index is 0.110. The Hall–Kier alpha value is -1.95. The van der Waals surface area contributed by atoms with Gasteiger partial charge in [-0.3, -0.25) is 15.2 Å². The Bertz CT molecular complexity index is 1310. The van der Waals surface area contributed by atoms with Gasteiger partial charge in [-0.15, -0.1) is 0 Å². The van der Waals surface area contributed by atoms with Crippen molar-refractivity contribution < 1.29 is 14.9 Å². The lowest BCUT2D eigenvalue weighted by molar-refractivity contribution is -0.0761. The predicted octanol–water partition coefficient (Wildman–Crippen LogP) is 5.84. The van der Waals surface area contributed by atoms with Crippen molar-refractivity contribution in [3.63, 3.8) is 0 Å². The van der Waals surface area contributed by atoms with Crippen LogP contribution in [0, 0.1) is 17.8 Å². The lowest BCUT2D eigenvalue weighted by atomic mass is 9.66. The molecule has 0 radical (unpaired) electrons. The number of ether oxygens (including phenoxy) is 1. The van der Waals surface area contributed by atoms with Crippen molar-refractivity contribution >= 4 is 17.2 Å². The lowest BCUT2D eigenvalue weighted by Gasteiger charge is -2.46. The van der Waals surface area contributed by atoms with E-state index in [1.807, 2.05) is 11.8 Å². The Balaban J connectivity index is 0.999. The molecular formula is C41H71N7O3. The summed E-state index contributed by atoms with van der Waals surface area (Å²) >= 11 is 0. The highest BCUT2D eigenvalue weighted by Gasteiger charge is 2.50. The first kappa shape index (κ1) is 38.8. The van der Waals surface area contributed by atoms with Crippen molar-refractivity contribution in [1.82, 2.24) is 15.1 Å². The van der Waals surface area contributed by atoms with E-state index in [2.05, 4.69) is 80.6 Å². The highest BCUT2D eigenvalue weighted by Crippen LogP contribution is 2.46. The van der Waals surface area contributed by atoms with Gasteiger partial charge in [0.05, 0.1) is 30.3 Å². The monoisotopic (exact) mass is 710 g/mol. The van der Waals surface area contributed by atoms with Gasteiger partial charge in [-0.1, -0.05) is 59.4 Å².